The third kappa shape index (κ3) is 5.79. The quantitative estimate of drug-likeness (QED) is 0.698. The molecule has 1 saturated heterocycles. The van der Waals surface area contributed by atoms with E-state index < -0.39 is 15.4 Å². The van der Waals surface area contributed by atoms with Gasteiger partial charge < -0.3 is 4.74 Å². The van der Waals surface area contributed by atoms with Gasteiger partial charge in [-0.3, -0.25) is 9.69 Å². The average Bonchev–Trinajstić information content (AvgIpc) is 2.72. The molecule has 0 aromatic rings. The fourth-order valence-corrected chi connectivity index (χ4v) is 3.74. The number of carbonyl (C=O) groups is 1. The summed E-state index contributed by atoms with van der Waals surface area (Å²) >= 11 is 0. The molecule has 0 amide bonds. The van der Waals surface area contributed by atoms with E-state index in [1.54, 1.807) is 0 Å². The van der Waals surface area contributed by atoms with Gasteiger partial charge in [-0.05, 0) is 46.6 Å². The summed E-state index contributed by atoms with van der Waals surface area (Å²) in [6.45, 7) is 8.58. The Balaban J connectivity index is 2.55. The molecular formula is C14H27NO4S. The van der Waals surface area contributed by atoms with E-state index in [1.807, 2.05) is 32.6 Å². The molecule has 1 fully saturated rings. The first-order valence-electron chi connectivity index (χ1n) is 7.32. The van der Waals surface area contributed by atoms with Crippen LogP contribution in [0.15, 0.2) is 0 Å². The van der Waals surface area contributed by atoms with Gasteiger partial charge >= 0.3 is 5.97 Å². The number of nitrogens with zero attached hydrogens (tertiary/aromatic N) is 1. The molecule has 20 heavy (non-hydrogen) atoms. The van der Waals surface area contributed by atoms with E-state index in [0.717, 1.165) is 19.4 Å². The Bertz CT molecular complexity index is 425. The molecule has 0 spiro atoms. The van der Waals surface area contributed by atoms with Crippen molar-refractivity contribution in [3.05, 3.63) is 0 Å². The molecule has 5 nitrogen and oxygen atoms in total. The fraction of sp³-hybridized carbons (Fsp3) is 0.929. The zero-order chi connectivity index (χ0) is 15.4. The molecule has 0 aromatic heterocycles. The van der Waals surface area contributed by atoms with Gasteiger partial charge in [-0.1, -0.05) is 6.92 Å². The Morgan fingerprint density at radius 3 is 2.50 bits per heavy atom. The minimum atomic E-state index is -3.00. The van der Waals surface area contributed by atoms with E-state index in [1.165, 1.54) is 0 Å². The van der Waals surface area contributed by atoms with Gasteiger partial charge in [0.2, 0.25) is 0 Å². The van der Waals surface area contributed by atoms with Crippen LogP contribution in [0.4, 0.5) is 0 Å². The maximum Gasteiger partial charge on any atom is 0.323 e. The monoisotopic (exact) mass is 305 g/mol. The molecule has 1 rings (SSSR count). The predicted octanol–water partition coefficient (Wildman–Crippen LogP) is 1.62. The molecule has 0 aliphatic carbocycles. The number of hydrogen-bond donors (Lipinski definition) is 0. The fourth-order valence-electron chi connectivity index (χ4n) is 2.40. The number of rotatable bonds is 6. The van der Waals surface area contributed by atoms with Gasteiger partial charge in [0, 0.05) is 12.3 Å². The van der Waals surface area contributed by atoms with Crippen LogP contribution in [0, 0.1) is 0 Å². The van der Waals surface area contributed by atoms with Crippen LogP contribution in [0.3, 0.4) is 0 Å². The van der Waals surface area contributed by atoms with Gasteiger partial charge in [-0.2, -0.15) is 0 Å². The molecule has 0 bridgehead atoms. The molecular weight excluding hydrogens is 278 g/mol. The molecule has 0 unspecified atom stereocenters. The smallest absolute Gasteiger partial charge is 0.323 e. The minimum Gasteiger partial charge on any atom is -0.459 e. The first-order chi connectivity index (χ1) is 9.14. The summed E-state index contributed by atoms with van der Waals surface area (Å²) in [5, 5.41) is 0. The molecule has 0 radical (unpaired) electrons. The second-order valence-electron chi connectivity index (χ2n) is 6.38. The molecule has 1 heterocycles. The Kier molecular flexibility index (Phi) is 6.01. The number of hydrogen-bond acceptors (Lipinski definition) is 5. The highest BCUT2D eigenvalue weighted by Crippen LogP contribution is 2.21. The largest absolute Gasteiger partial charge is 0.459 e. The Labute approximate surface area is 122 Å². The topological polar surface area (TPSA) is 63.7 Å². The van der Waals surface area contributed by atoms with Crippen molar-refractivity contribution in [2.45, 2.75) is 58.6 Å². The highest BCUT2D eigenvalue weighted by molar-refractivity contribution is 7.91. The summed E-state index contributed by atoms with van der Waals surface area (Å²) in [6.07, 6.45) is 2.30. The van der Waals surface area contributed by atoms with Crippen molar-refractivity contribution < 1.29 is 17.9 Å². The van der Waals surface area contributed by atoms with Crippen molar-refractivity contribution in [3.63, 3.8) is 0 Å². The van der Waals surface area contributed by atoms with Crippen LogP contribution in [0.1, 0.15) is 47.0 Å². The van der Waals surface area contributed by atoms with E-state index in [4.69, 9.17) is 4.74 Å². The SMILES string of the molecule is CCCS(=O)(=O)CCN1CCC[C@@H]1C(=O)OC(C)(C)C. The molecule has 118 valence electrons. The van der Waals surface area contributed by atoms with Crippen molar-refractivity contribution in [1.29, 1.82) is 0 Å². The first-order valence-corrected chi connectivity index (χ1v) is 9.14. The van der Waals surface area contributed by atoms with E-state index >= 15 is 0 Å². The van der Waals surface area contributed by atoms with Crippen LogP contribution in [0.2, 0.25) is 0 Å². The van der Waals surface area contributed by atoms with Crippen LogP contribution in [0.5, 0.6) is 0 Å². The summed E-state index contributed by atoms with van der Waals surface area (Å²) in [7, 11) is -3.00. The van der Waals surface area contributed by atoms with Crippen molar-refractivity contribution in [1.82, 2.24) is 4.90 Å². The summed E-state index contributed by atoms with van der Waals surface area (Å²) in [5.41, 5.74) is -0.500. The lowest BCUT2D eigenvalue weighted by atomic mass is 10.1. The Morgan fingerprint density at radius 1 is 1.30 bits per heavy atom. The number of ether oxygens (including phenoxy) is 1. The predicted molar refractivity (Wildman–Crippen MR) is 79.4 cm³/mol. The van der Waals surface area contributed by atoms with Crippen molar-refractivity contribution >= 4 is 15.8 Å². The van der Waals surface area contributed by atoms with Gasteiger partial charge in [-0.25, -0.2) is 8.42 Å². The number of carbonyl (C=O) groups excluding carboxylic acids is 1. The van der Waals surface area contributed by atoms with E-state index in [-0.39, 0.29) is 23.5 Å². The van der Waals surface area contributed by atoms with Gasteiger partial charge in [0.15, 0.2) is 9.84 Å². The molecule has 1 aliphatic rings. The van der Waals surface area contributed by atoms with Crippen molar-refractivity contribution in [2.75, 3.05) is 24.6 Å². The highest BCUT2D eigenvalue weighted by atomic mass is 32.2. The van der Waals surface area contributed by atoms with Crippen LogP contribution in [0.25, 0.3) is 0 Å². The van der Waals surface area contributed by atoms with Crippen molar-refractivity contribution in [2.24, 2.45) is 0 Å². The molecule has 0 saturated carbocycles. The summed E-state index contributed by atoms with van der Waals surface area (Å²) in [6, 6.07) is -0.286. The number of likely N-dealkylation sites (tertiary alicyclic amines) is 1. The molecule has 6 heteroatoms. The van der Waals surface area contributed by atoms with Gasteiger partial charge in [0.05, 0.1) is 5.75 Å². The van der Waals surface area contributed by atoms with Gasteiger partial charge in [-0.15, -0.1) is 0 Å². The number of esters is 1. The van der Waals surface area contributed by atoms with E-state index in [0.29, 0.717) is 13.0 Å². The lowest BCUT2D eigenvalue weighted by molar-refractivity contribution is -0.160. The molecule has 1 atom stereocenters. The normalized spacial score (nSPS) is 21.1. The molecule has 0 N–H and O–H groups in total. The lowest BCUT2D eigenvalue weighted by Crippen LogP contribution is -2.42. The first kappa shape index (κ1) is 17.4. The molecule has 1 aliphatic heterocycles. The van der Waals surface area contributed by atoms with Crippen LogP contribution < -0.4 is 0 Å². The Morgan fingerprint density at radius 2 is 1.95 bits per heavy atom. The third-order valence-electron chi connectivity index (χ3n) is 3.25. The zero-order valence-electron chi connectivity index (χ0n) is 13.0. The van der Waals surface area contributed by atoms with Gasteiger partial charge in [0.1, 0.15) is 11.6 Å². The van der Waals surface area contributed by atoms with Crippen LogP contribution in [-0.4, -0.2) is 55.5 Å². The average molecular weight is 305 g/mol. The van der Waals surface area contributed by atoms with E-state index in [9.17, 15) is 13.2 Å². The lowest BCUT2D eigenvalue weighted by Gasteiger charge is -2.27. The second kappa shape index (κ2) is 6.89. The van der Waals surface area contributed by atoms with Crippen LogP contribution in [-0.2, 0) is 19.4 Å². The summed E-state index contributed by atoms with van der Waals surface area (Å²) in [5.74, 6) is 0.112. The zero-order valence-corrected chi connectivity index (χ0v) is 13.8. The standard InChI is InChI=1S/C14H27NO4S/c1-5-10-20(17,18)11-9-15-8-6-7-12(15)13(16)19-14(2,3)4/h12H,5-11H2,1-4H3/t12-/m1/s1. The minimum absolute atomic E-state index is 0.125. The second-order valence-corrected chi connectivity index (χ2v) is 8.68. The van der Waals surface area contributed by atoms with E-state index in [2.05, 4.69) is 0 Å². The van der Waals surface area contributed by atoms with Gasteiger partial charge in [0.25, 0.3) is 0 Å². The third-order valence-corrected chi connectivity index (χ3v) is 5.08. The Hall–Kier alpha value is -0.620. The molecule has 0 aromatic carbocycles. The maximum absolute atomic E-state index is 12.1. The van der Waals surface area contributed by atoms with Crippen molar-refractivity contribution in [3.8, 4) is 0 Å². The maximum atomic E-state index is 12.1. The summed E-state index contributed by atoms with van der Waals surface area (Å²) in [4.78, 5) is 14.1. The summed E-state index contributed by atoms with van der Waals surface area (Å²) < 4.78 is 28.9. The number of sulfone groups is 1. The highest BCUT2D eigenvalue weighted by Gasteiger charge is 2.34. The van der Waals surface area contributed by atoms with Crippen LogP contribution >= 0.6 is 0 Å².